The Hall–Kier alpha value is -4.05. The number of carbonyl (C=O) groups is 1. The van der Waals surface area contributed by atoms with Crippen molar-refractivity contribution < 1.29 is 29.2 Å². The molecule has 10 rings (SSSR count). The molecular formula is C44H55N3O6. The minimum atomic E-state index is -0.539. The Morgan fingerprint density at radius 2 is 1.62 bits per heavy atom. The van der Waals surface area contributed by atoms with Crippen LogP contribution in [0.4, 0.5) is 5.69 Å². The second-order valence-electron chi connectivity index (χ2n) is 16.4. The quantitative estimate of drug-likeness (QED) is 0.216. The van der Waals surface area contributed by atoms with E-state index in [4.69, 9.17) is 19.3 Å². The number of amides is 1. The highest BCUT2D eigenvalue weighted by molar-refractivity contribution is 5.88. The van der Waals surface area contributed by atoms with Crippen LogP contribution in [0.3, 0.4) is 0 Å². The van der Waals surface area contributed by atoms with Gasteiger partial charge in [-0.3, -0.25) is 4.79 Å². The SMILES string of the molecule is CC(=O)Nc1ccc(O)cc1.COc1ccc2c(c1)[C@@]13CCCC[C@@H]1[C@@H](C2)N(C)CC3.COc1ccc2c3c1O[C@H]1[C@@H](O)C=C[C@H]4[C@@H](C2)N(C)CC[C@@]341. The topological polar surface area (TPSA) is 104 Å². The summed E-state index contributed by atoms with van der Waals surface area (Å²) in [5.74, 6) is 4.08. The number of benzene rings is 3. The van der Waals surface area contributed by atoms with Crippen LogP contribution in [0.15, 0.2) is 66.7 Å². The summed E-state index contributed by atoms with van der Waals surface area (Å²) in [6.45, 7) is 3.75. The van der Waals surface area contributed by atoms with Crippen molar-refractivity contribution in [1.82, 2.24) is 9.80 Å². The number of aliphatic hydroxyl groups excluding tert-OH is 1. The van der Waals surface area contributed by atoms with Crippen LogP contribution in [0, 0.1) is 11.8 Å². The van der Waals surface area contributed by atoms with Gasteiger partial charge in [0.25, 0.3) is 0 Å². The summed E-state index contributed by atoms with van der Waals surface area (Å²) >= 11 is 0. The number of methoxy groups -OCH3 is 2. The molecule has 53 heavy (non-hydrogen) atoms. The van der Waals surface area contributed by atoms with Crippen LogP contribution in [0.5, 0.6) is 23.0 Å². The summed E-state index contributed by atoms with van der Waals surface area (Å²) in [5, 5.41) is 22.0. The third kappa shape index (κ3) is 5.90. The van der Waals surface area contributed by atoms with Gasteiger partial charge in [0.15, 0.2) is 11.5 Å². The van der Waals surface area contributed by atoms with Gasteiger partial charge >= 0.3 is 0 Å². The standard InChI is InChI=1S/C18H21NO3.C18H25NO.C8H9NO2/c1-19-8-7-18-11-4-5-13(20)17(18)22-16-14(21-2)6-3-10(15(16)18)9-12(11)19;1-19-10-9-18-8-4-3-5-15(18)17(19)11-13-6-7-14(20-2)12-16(13)18;1-6(10)9-7-2-4-8(11)5-3-7/h3-6,11-13,17,20H,7-9H2,1-2H3;6-7,12,15,17H,3-5,8-11H2,1-2H3;2-5,11H,1H3,(H,9,10)/t11-,12+,13-,17-,18-;15-,17-,18-;/m01./s1. The molecule has 0 aromatic heterocycles. The summed E-state index contributed by atoms with van der Waals surface area (Å²) in [6.07, 6.45) is 13.8. The molecule has 1 spiro atoms. The van der Waals surface area contributed by atoms with Crippen LogP contribution < -0.4 is 19.5 Å². The Bertz CT molecular complexity index is 1880. The van der Waals surface area contributed by atoms with Gasteiger partial charge in [-0.2, -0.15) is 0 Å². The minimum Gasteiger partial charge on any atom is -0.508 e. The predicted octanol–water partition coefficient (Wildman–Crippen LogP) is 6.24. The number of hydrogen-bond donors (Lipinski definition) is 3. The van der Waals surface area contributed by atoms with Gasteiger partial charge in [0.1, 0.15) is 23.7 Å². The van der Waals surface area contributed by atoms with Crippen molar-refractivity contribution in [2.75, 3.05) is 46.7 Å². The first-order chi connectivity index (χ1) is 25.6. The Morgan fingerprint density at radius 3 is 2.38 bits per heavy atom. The summed E-state index contributed by atoms with van der Waals surface area (Å²) in [6, 6.07) is 18.6. The lowest BCUT2D eigenvalue weighted by molar-refractivity contribution is -0.114. The number of ether oxygens (including phenoxy) is 3. The van der Waals surface area contributed by atoms with Crippen LogP contribution in [0.25, 0.3) is 0 Å². The first-order valence-corrected chi connectivity index (χ1v) is 19.5. The van der Waals surface area contributed by atoms with Gasteiger partial charge < -0.3 is 39.5 Å². The molecule has 1 saturated carbocycles. The molecule has 7 aliphatic rings. The number of nitrogens with zero attached hydrogens (tertiary/aromatic N) is 2. The zero-order valence-corrected chi connectivity index (χ0v) is 31.8. The number of rotatable bonds is 3. The van der Waals surface area contributed by atoms with E-state index < -0.39 is 6.10 Å². The first-order valence-electron chi connectivity index (χ1n) is 19.5. The highest BCUT2D eigenvalue weighted by Gasteiger charge is 2.64. The molecule has 3 N–H and O–H groups in total. The highest BCUT2D eigenvalue weighted by atomic mass is 16.5. The van der Waals surface area contributed by atoms with Gasteiger partial charge in [-0.15, -0.1) is 0 Å². The maximum absolute atomic E-state index is 10.6. The first kappa shape index (κ1) is 36.0. The number of aromatic hydroxyl groups is 1. The minimum absolute atomic E-state index is 0.0806. The average Bonchev–Trinajstić information content (AvgIpc) is 3.52. The van der Waals surface area contributed by atoms with Gasteiger partial charge in [-0.1, -0.05) is 37.1 Å². The number of anilines is 1. The molecule has 4 bridgehead atoms. The van der Waals surface area contributed by atoms with E-state index in [1.807, 2.05) is 12.1 Å². The van der Waals surface area contributed by atoms with Crippen molar-refractivity contribution in [2.24, 2.45) is 11.8 Å². The smallest absolute Gasteiger partial charge is 0.221 e. The van der Waals surface area contributed by atoms with Crippen LogP contribution in [0.1, 0.15) is 67.7 Å². The van der Waals surface area contributed by atoms with Crippen molar-refractivity contribution in [2.45, 2.75) is 93.4 Å². The van der Waals surface area contributed by atoms with Gasteiger partial charge in [0, 0.05) is 47.0 Å². The molecule has 3 aromatic carbocycles. The normalized spacial score (nSPS) is 32.6. The van der Waals surface area contributed by atoms with E-state index in [-0.39, 0.29) is 23.2 Å². The van der Waals surface area contributed by atoms with Gasteiger partial charge in [-0.05, 0) is 131 Å². The third-order valence-electron chi connectivity index (χ3n) is 13.9. The number of hydrogen-bond acceptors (Lipinski definition) is 8. The monoisotopic (exact) mass is 721 g/mol. The summed E-state index contributed by atoms with van der Waals surface area (Å²) in [4.78, 5) is 15.6. The van der Waals surface area contributed by atoms with Crippen molar-refractivity contribution in [1.29, 1.82) is 0 Å². The number of carbonyl (C=O) groups excluding carboxylic acids is 1. The predicted molar refractivity (Wildman–Crippen MR) is 206 cm³/mol. The second-order valence-corrected chi connectivity index (χ2v) is 16.4. The summed E-state index contributed by atoms with van der Waals surface area (Å²) in [5.41, 5.74) is 6.96. The maximum Gasteiger partial charge on any atom is 0.221 e. The number of piperidine rings is 2. The Balaban J connectivity index is 0.000000120. The molecule has 4 aliphatic carbocycles. The second kappa shape index (κ2) is 14.0. The van der Waals surface area contributed by atoms with Crippen LogP contribution in [-0.2, 0) is 28.5 Å². The number of likely N-dealkylation sites (tertiary alicyclic amines) is 2. The molecule has 8 atom stereocenters. The van der Waals surface area contributed by atoms with Crippen LogP contribution in [0.2, 0.25) is 0 Å². The lowest BCUT2D eigenvalue weighted by Gasteiger charge is -2.58. The number of fused-ring (bicyclic) bond motifs is 1. The zero-order valence-electron chi connectivity index (χ0n) is 31.8. The fourth-order valence-electron chi connectivity index (χ4n) is 11.4. The van der Waals surface area contributed by atoms with Crippen molar-refractivity contribution in [3.63, 3.8) is 0 Å². The Morgan fingerprint density at radius 1 is 0.887 bits per heavy atom. The molecule has 1 amide bonds. The molecular weight excluding hydrogens is 666 g/mol. The van der Waals surface area contributed by atoms with E-state index in [0.29, 0.717) is 23.1 Å². The highest BCUT2D eigenvalue weighted by Crippen LogP contribution is 2.62. The Labute approximate surface area is 313 Å². The van der Waals surface area contributed by atoms with E-state index in [9.17, 15) is 9.90 Å². The average molecular weight is 722 g/mol. The molecule has 9 heteroatoms. The van der Waals surface area contributed by atoms with Crippen molar-refractivity contribution in [3.8, 4) is 23.0 Å². The van der Waals surface area contributed by atoms with Gasteiger partial charge in [0.2, 0.25) is 5.91 Å². The fraction of sp³-hybridized carbons (Fsp3) is 0.523. The fourth-order valence-corrected chi connectivity index (χ4v) is 11.4. The number of phenols is 1. The molecule has 3 aliphatic heterocycles. The van der Waals surface area contributed by atoms with Gasteiger partial charge in [-0.25, -0.2) is 0 Å². The van der Waals surface area contributed by atoms with E-state index >= 15 is 0 Å². The van der Waals surface area contributed by atoms with E-state index in [1.165, 1.54) is 75.3 Å². The van der Waals surface area contributed by atoms with Crippen LogP contribution >= 0.6 is 0 Å². The van der Waals surface area contributed by atoms with E-state index in [1.54, 1.807) is 37.5 Å². The molecule has 9 nitrogen and oxygen atoms in total. The number of likely N-dealkylation sites (N-methyl/N-ethyl adjacent to an activating group) is 2. The van der Waals surface area contributed by atoms with Crippen molar-refractivity contribution in [3.05, 3.63) is 89.0 Å². The largest absolute Gasteiger partial charge is 0.508 e. The molecule has 282 valence electrons. The Kier molecular flexibility index (Phi) is 9.48. The lowest BCUT2D eigenvalue weighted by Crippen LogP contribution is -2.64. The molecule has 2 saturated heterocycles. The molecule has 3 heterocycles. The molecule has 0 radical (unpaired) electrons. The summed E-state index contributed by atoms with van der Waals surface area (Å²) < 4.78 is 17.3. The molecule has 3 aromatic rings. The number of phenolic OH excluding ortho intramolecular Hbond substituents is 1. The summed E-state index contributed by atoms with van der Waals surface area (Å²) in [7, 11) is 8.03. The van der Waals surface area contributed by atoms with Crippen LogP contribution in [-0.4, -0.2) is 91.6 Å². The number of aliphatic hydroxyl groups is 1. The maximum atomic E-state index is 10.6. The molecule has 0 unspecified atom stereocenters. The van der Waals surface area contributed by atoms with E-state index in [2.05, 4.69) is 59.6 Å². The third-order valence-corrected chi connectivity index (χ3v) is 13.9. The number of nitrogens with one attached hydrogen (secondary N) is 1. The van der Waals surface area contributed by atoms with Crippen molar-refractivity contribution >= 4 is 11.6 Å². The molecule has 3 fully saturated rings. The van der Waals surface area contributed by atoms with E-state index in [0.717, 1.165) is 48.6 Å². The zero-order chi connectivity index (χ0) is 37.1. The lowest BCUT2D eigenvalue weighted by atomic mass is 9.52. The van der Waals surface area contributed by atoms with Gasteiger partial charge in [0.05, 0.1) is 14.2 Å².